The molecular weight excluding hydrogens is 535 g/mol. The number of halogens is 1. The maximum absolute atomic E-state index is 14.4. The number of nitrogen functional groups attached to an aromatic ring is 1. The average molecular weight is 575 g/mol. The third-order valence-corrected chi connectivity index (χ3v) is 7.74. The molecule has 0 saturated carbocycles. The summed E-state index contributed by atoms with van der Waals surface area (Å²) < 4.78 is 20.0. The first-order valence-electron chi connectivity index (χ1n) is 14.6. The highest BCUT2D eigenvalue weighted by Gasteiger charge is 2.31. The molecule has 42 heavy (non-hydrogen) atoms. The van der Waals surface area contributed by atoms with E-state index in [0.717, 1.165) is 58.6 Å². The zero-order chi connectivity index (χ0) is 29.9. The van der Waals surface area contributed by atoms with Crippen LogP contribution in [0.4, 0.5) is 15.1 Å². The van der Waals surface area contributed by atoms with E-state index in [9.17, 15) is 9.18 Å². The fourth-order valence-corrected chi connectivity index (χ4v) is 5.92. The molecule has 3 heterocycles. The molecule has 0 bridgehead atoms. The number of fused-ring (bicyclic) bond motifs is 1. The number of pyridine rings is 1. The van der Waals surface area contributed by atoms with Gasteiger partial charge in [0, 0.05) is 43.0 Å². The molecule has 2 atom stereocenters. The molecule has 1 aromatic carbocycles. The quantitative estimate of drug-likeness (QED) is 0.281. The van der Waals surface area contributed by atoms with Gasteiger partial charge in [0.05, 0.1) is 17.1 Å². The number of amides is 1. The molecule has 2 N–H and O–H groups in total. The number of hydrogen-bond acceptors (Lipinski definition) is 8. The molecule has 0 spiro atoms. The van der Waals surface area contributed by atoms with Crippen LogP contribution in [-0.4, -0.2) is 57.0 Å². The lowest BCUT2D eigenvalue weighted by atomic mass is 9.78. The summed E-state index contributed by atoms with van der Waals surface area (Å²) in [4.78, 5) is 33.4. The molecular formula is C32H39FN6O3. The van der Waals surface area contributed by atoms with Crippen molar-refractivity contribution >= 4 is 17.8 Å². The Morgan fingerprint density at radius 2 is 2.05 bits per heavy atom. The monoisotopic (exact) mass is 574 g/mol. The Hall–Kier alpha value is -4.08. The number of likely N-dealkylation sites (tertiary alicyclic amines) is 1. The maximum atomic E-state index is 14.4. The topological polar surface area (TPSA) is 116 Å². The van der Waals surface area contributed by atoms with Gasteiger partial charge in [-0.15, -0.1) is 0 Å². The van der Waals surface area contributed by atoms with E-state index in [2.05, 4.69) is 20.1 Å². The summed E-state index contributed by atoms with van der Waals surface area (Å²) in [6.07, 6.45) is 7.10. The number of aromatic nitrogens is 3. The molecule has 1 saturated heterocycles. The van der Waals surface area contributed by atoms with Gasteiger partial charge in [0.15, 0.2) is 0 Å². The van der Waals surface area contributed by atoms with E-state index in [4.69, 9.17) is 15.3 Å². The number of anilines is 1. The van der Waals surface area contributed by atoms with Crippen LogP contribution >= 0.6 is 0 Å². The van der Waals surface area contributed by atoms with Crippen molar-refractivity contribution in [3.8, 4) is 11.1 Å². The van der Waals surface area contributed by atoms with Gasteiger partial charge >= 0.3 is 6.09 Å². The smallest absolute Gasteiger partial charge is 0.410 e. The fraction of sp³-hybridized carbons (Fsp3) is 0.469. The minimum atomic E-state index is -0.517. The van der Waals surface area contributed by atoms with Crippen molar-refractivity contribution in [3.63, 3.8) is 0 Å². The summed E-state index contributed by atoms with van der Waals surface area (Å²) in [5.74, 6) is 0.195. The summed E-state index contributed by atoms with van der Waals surface area (Å²) in [5.41, 5.74) is 11.3. The molecule has 10 heteroatoms. The SMILES string of the molecule is Cc1nc(N)nc2c1/C(=N/OCCC1CCCN(C(=O)OC(C)(C)C)C1)CC(c1ccc(F)cc1-c1cccnc1)C2. The molecule has 1 aliphatic carbocycles. The van der Waals surface area contributed by atoms with Crippen molar-refractivity contribution in [1.82, 2.24) is 19.9 Å². The van der Waals surface area contributed by atoms with E-state index in [1.54, 1.807) is 23.4 Å². The summed E-state index contributed by atoms with van der Waals surface area (Å²) in [6, 6.07) is 8.65. The fourth-order valence-electron chi connectivity index (χ4n) is 5.92. The predicted octanol–water partition coefficient (Wildman–Crippen LogP) is 6.06. The summed E-state index contributed by atoms with van der Waals surface area (Å²) in [6.45, 7) is 9.31. The number of oxime groups is 1. The minimum absolute atomic E-state index is 0.0231. The Labute approximate surface area is 246 Å². The number of ether oxygens (including phenoxy) is 1. The lowest BCUT2D eigenvalue weighted by molar-refractivity contribution is 0.0140. The van der Waals surface area contributed by atoms with Crippen LogP contribution in [0.5, 0.6) is 0 Å². The van der Waals surface area contributed by atoms with E-state index in [-0.39, 0.29) is 23.8 Å². The van der Waals surface area contributed by atoms with Gasteiger partial charge in [-0.2, -0.15) is 0 Å². The highest BCUT2D eigenvalue weighted by atomic mass is 19.1. The van der Waals surface area contributed by atoms with Gasteiger partial charge < -0.3 is 20.2 Å². The Bertz CT molecular complexity index is 1460. The lowest BCUT2D eigenvalue weighted by Gasteiger charge is -2.34. The second-order valence-electron chi connectivity index (χ2n) is 12.2. The largest absolute Gasteiger partial charge is 0.444 e. The van der Waals surface area contributed by atoms with Crippen molar-refractivity contribution < 1.29 is 18.8 Å². The van der Waals surface area contributed by atoms with Crippen LogP contribution in [0, 0.1) is 18.7 Å². The lowest BCUT2D eigenvalue weighted by Crippen LogP contribution is -2.43. The Morgan fingerprint density at radius 3 is 2.81 bits per heavy atom. The number of aryl methyl sites for hydroxylation is 1. The number of nitrogens with two attached hydrogens (primary N) is 1. The Kier molecular flexibility index (Phi) is 8.70. The molecule has 222 valence electrons. The van der Waals surface area contributed by atoms with Gasteiger partial charge in [0.2, 0.25) is 5.95 Å². The van der Waals surface area contributed by atoms with Crippen molar-refractivity contribution in [1.29, 1.82) is 0 Å². The van der Waals surface area contributed by atoms with Crippen LogP contribution in [0.1, 0.15) is 74.9 Å². The molecule has 2 aromatic heterocycles. The number of nitrogens with zero attached hydrogens (tertiary/aromatic N) is 5. The van der Waals surface area contributed by atoms with E-state index in [1.165, 1.54) is 6.07 Å². The van der Waals surface area contributed by atoms with Crippen LogP contribution in [0.15, 0.2) is 47.9 Å². The van der Waals surface area contributed by atoms with E-state index in [0.29, 0.717) is 38.5 Å². The summed E-state index contributed by atoms with van der Waals surface area (Å²) in [5, 5.41) is 4.60. The minimum Gasteiger partial charge on any atom is -0.444 e. The normalized spacial score (nSPS) is 19.8. The van der Waals surface area contributed by atoms with E-state index >= 15 is 0 Å². The average Bonchev–Trinajstić information content (AvgIpc) is 2.94. The van der Waals surface area contributed by atoms with Crippen molar-refractivity contribution in [2.24, 2.45) is 11.1 Å². The molecule has 1 amide bonds. The molecule has 2 aliphatic rings. The Balaban J connectivity index is 1.33. The number of piperidine rings is 1. The first kappa shape index (κ1) is 29.4. The van der Waals surface area contributed by atoms with E-state index < -0.39 is 5.60 Å². The predicted molar refractivity (Wildman–Crippen MR) is 160 cm³/mol. The molecule has 9 nitrogen and oxygen atoms in total. The highest BCUT2D eigenvalue weighted by Crippen LogP contribution is 2.38. The summed E-state index contributed by atoms with van der Waals surface area (Å²) in [7, 11) is 0. The van der Waals surface area contributed by atoms with Crippen molar-refractivity contribution in [3.05, 3.63) is 71.1 Å². The van der Waals surface area contributed by atoms with Crippen molar-refractivity contribution in [2.75, 3.05) is 25.4 Å². The number of carbonyl (C=O) groups excluding carboxylic acids is 1. The molecule has 0 radical (unpaired) electrons. The summed E-state index contributed by atoms with van der Waals surface area (Å²) >= 11 is 0. The zero-order valence-electron chi connectivity index (χ0n) is 24.8. The van der Waals surface area contributed by atoms with Gasteiger partial charge in [0.1, 0.15) is 18.0 Å². The first-order chi connectivity index (χ1) is 20.1. The zero-order valence-corrected chi connectivity index (χ0v) is 24.8. The van der Waals surface area contributed by atoms with Crippen LogP contribution in [-0.2, 0) is 16.0 Å². The molecule has 5 rings (SSSR count). The third kappa shape index (κ3) is 7.03. The number of hydrogen-bond donors (Lipinski definition) is 1. The van der Waals surface area contributed by atoms with Gasteiger partial charge in [-0.25, -0.2) is 19.2 Å². The number of rotatable bonds is 6. The van der Waals surface area contributed by atoms with Gasteiger partial charge in [-0.05, 0) is 94.5 Å². The number of carbonyl (C=O) groups is 1. The Morgan fingerprint density at radius 1 is 1.21 bits per heavy atom. The first-order valence-corrected chi connectivity index (χ1v) is 14.6. The number of benzene rings is 1. The molecule has 1 fully saturated rings. The van der Waals surface area contributed by atoms with Gasteiger partial charge in [0.25, 0.3) is 0 Å². The molecule has 3 aromatic rings. The van der Waals surface area contributed by atoms with Crippen LogP contribution in [0.2, 0.25) is 0 Å². The van der Waals surface area contributed by atoms with Crippen LogP contribution in [0.25, 0.3) is 11.1 Å². The van der Waals surface area contributed by atoms with Gasteiger partial charge in [-0.1, -0.05) is 17.3 Å². The maximum Gasteiger partial charge on any atom is 0.410 e. The van der Waals surface area contributed by atoms with E-state index in [1.807, 2.05) is 45.9 Å². The highest BCUT2D eigenvalue weighted by molar-refractivity contribution is 6.03. The van der Waals surface area contributed by atoms with Crippen LogP contribution in [0.3, 0.4) is 0 Å². The third-order valence-electron chi connectivity index (χ3n) is 7.74. The van der Waals surface area contributed by atoms with Crippen LogP contribution < -0.4 is 5.73 Å². The second-order valence-corrected chi connectivity index (χ2v) is 12.2. The molecule has 2 unspecified atom stereocenters. The van der Waals surface area contributed by atoms with Gasteiger partial charge in [-0.3, -0.25) is 4.98 Å². The van der Waals surface area contributed by atoms with Crippen molar-refractivity contribution in [2.45, 2.75) is 71.3 Å². The second kappa shape index (κ2) is 12.4. The molecule has 1 aliphatic heterocycles. The standard InChI is InChI=1S/C32H39FN6O3/c1-20-29-27(37-30(34)36-20)15-23(25-10-9-24(33)17-26(25)22-8-5-12-35-18-22)16-28(29)38-41-14-11-21-7-6-13-39(19-21)31(40)42-32(2,3)4/h5,8-10,12,17-18,21,23H,6-7,11,13-16,19H2,1-4H3,(H2,34,36,37)/b38-28+.